The number of pyridine rings is 1. The first-order valence-corrected chi connectivity index (χ1v) is 5.52. The smallest absolute Gasteiger partial charge is 0.0416 e. The molecule has 15 heavy (non-hydrogen) atoms. The summed E-state index contributed by atoms with van der Waals surface area (Å²) in [7, 11) is 0. The lowest BCUT2D eigenvalue weighted by atomic mass is 10.2. The van der Waals surface area contributed by atoms with Gasteiger partial charge in [-0.1, -0.05) is 28.1 Å². The number of benzene rings is 1. The lowest BCUT2D eigenvalue weighted by Crippen LogP contribution is -1.99. The second kappa shape index (κ2) is 4.94. The van der Waals surface area contributed by atoms with Crippen LogP contribution in [0.3, 0.4) is 0 Å². The molecule has 1 heterocycles. The van der Waals surface area contributed by atoms with Gasteiger partial charge in [-0.05, 0) is 29.8 Å². The lowest BCUT2D eigenvalue weighted by Gasteiger charge is -2.06. The van der Waals surface area contributed by atoms with E-state index in [0.29, 0.717) is 0 Å². The highest BCUT2D eigenvalue weighted by molar-refractivity contribution is 9.10. The van der Waals surface area contributed by atoms with Gasteiger partial charge in [-0.15, -0.1) is 0 Å². The number of halogens is 1. The molecule has 0 spiro atoms. The molecule has 2 nitrogen and oxygen atoms in total. The van der Waals surface area contributed by atoms with Crippen molar-refractivity contribution < 1.29 is 0 Å². The molecule has 2 aromatic rings. The van der Waals surface area contributed by atoms with Crippen molar-refractivity contribution in [2.45, 2.75) is 6.54 Å². The maximum atomic E-state index is 4.07. The van der Waals surface area contributed by atoms with E-state index in [4.69, 9.17) is 0 Å². The van der Waals surface area contributed by atoms with E-state index in [2.05, 4.69) is 38.4 Å². The first kappa shape index (κ1) is 10.2. The highest BCUT2D eigenvalue weighted by Crippen LogP contribution is 2.16. The lowest BCUT2D eigenvalue weighted by molar-refractivity contribution is 1.11. The van der Waals surface area contributed by atoms with Crippen LogP contribution in [0.5, 0.6) is 0 Å². The van der Waals surface area contributed by atoms with E-state index in [1.54, 1.807) is 6.20 Å². The molecule has 0 aliphatic heterocycles. The van der Waals surface area contributed by atoms with Crippen LogP contribution >= 0.6 is 15.9 Å². The Morgan fingerprint density at radius 3 is 2.87 bits per heavy atom. The van der Waals surface area contributed by atoms with Gasteiger partial charge in [-0.25, -0.2) is 0 Å². The average molecular weight is 263 g/mol. The number of rotatable bonds is 3. The van der Waals surface area contributed by atoms with Gasteiger partial charge in [0.15, 0.2) is 0 Å². The fraction of sp³-hybridized carbons (Fsp3) is 0.0833. The van der Waals surface area contributed by atoms with Gasteiger partial charge < -0.3 is 5.32 Å². The Kier molecular flexibility index (Phi) is 3.35. The van der Waals surface area contributed by atoms with Gasteiger partial charge in [-0.2, -0.15) is 0 Å². The van der Waals surface area contributed by atoms with Crippen LogP contribution < -0.4 is 5.32 Å². The van der Waals surface area contributed by atoms with Gasteiger partial charge in [0.05, 0.1) is 0 Å². The van der Waals surface area contributed by atoms with Gasteiger partial charge in [-0.3, -0.25) is 4.98 Å². The van der Waals surface area contributed by atoms with Crippen LogP contribution in [0.1, 0.15) is 5.56 Å². The Hall–Kier alpha value is -1.35. The van der Waals surface area contributed by atoms with Crippen molar-refractivity contribution in [1.29, 1.82) is 0 Å². The van der Waals surface area contributed by atoms with Crippen molar-refractivity contribution in [3.05, 3.63) is 58.8 Å². The molecule has 0 fully saturated rings. The van der Waals surface area contributed by atoms with Crippen molar-refractivity contribution in [2.24, 2.45) is 0 Å². The molecule has 76 valence electrons. The molecule has 0 saturated carbocycles. The number of anilines is 1. The van der Waals surface area contributed by atoms with Gasteiger partial charge in [0.1, 0.15) is 0 Å². The maximum Gasteiger partial charge on any atom is 0.0416 e. The van der Waals surface area contributed by atoms with Crippen molar-refractivity contribution in [2.75, 3.05) is 5.32 Å². The van der Waals surface area contributed by atoms with Crippen molar-refractivity contribution in [3.8, 4) is 0 Å². The monoisotopic (exact) mass is 262 g/mol. The molecular formula is C12H11BrN2. The highest BCUT2D eigenvalue weighted by atomic mass is 79.9. The van der Waals surface area contributed by atoms with Gasteiger partial charge >= 0.3 is 0 Å². The molecule has 0 unspecified atom stereocenters. The van der Waals surface area contributed by atoms with Gasteiger partial charge in [0, 0.05) is 29.1 Å². The maximum absolute atomic E-state index is 4.07. The van der Waals surface area contributed by atoms with E-state index < -0.39 is 0 Å². The number of hydrogen-bond acceptors (Lipinski definition) is 2. The summed E-state index contributed by atoms with van der Waals surface area (Å²) in [5.41, 5.74) is 2.28. The quantitative estimate of drug-likeness (QED) is 0.917. The third-order valence-corrected chi connectivity index (χ3v) is 2.54. The van der Waals surface area contributed by atoms with E-state index in [1.165, 1.54) is 5.56 Å². The summed E-state index contributed by atoms with van der Waals surface area (Å²) in [6.45, 7) is 0.796. The van der Waals surface area contributed by atoms with E-state index in [1.807, 2.05) is 30.5 Å². The van der Waals surface area contributed by atoms with E-state index in [9.17, 15) is 0 Å². The molecule has 0 saturated heterocycles. The van der Waals surface area contributed by atoms with Gasteiger partial charge in [0.2, 0.25) is 0 Å². The Morgan fingerprint density at radius 1 is 1.20 bits per heavy atom. The Labute approximate surface area is 97.5 Å². The van der Waals surface area contributed by atoms with E-state index in [-0.39, 0.29) is 0 Å². The summed E-state index contributed by atoms with van der Waals surface area (Å²) in [4.78, 5) is 4.07. The largest absolute Gasteiger partial charge is 0.381 e. The molecule has 1 aromatic heterocycles. The Bertz CT molecular complexity index is 429. The SMILES string of the molecule is Brc1cccc(NCc2cccnc2)c1. The first-order chi connectivity index (χ1) is 7.34. The van der Waals surface area contributed by atoms with Crippen LogP contribution in [-0.2, 0) is 6.54 Å². The summed E-state index contributed by atoms with van der Waals surface area (Å²) in [5, 5.41) is 3.33. The van der Waals surface area contributed by atoms with Crippen LogP contribution in [0.25, 0.3) is 0 Å². The highest BCUT2D eigenvalue weighted by Gasteiger charge is 1.94. The molecule has 1 aromatic carbocycles. The molecule has 0 aliphatic carbocycles. The molecule has 2 rings (SSSR count). The number of nitrogens with one attached hydrogen (secondary N) is 1. The first-order valence-electron chi connectivity index (χ1n) is 4.73. The fourth-order valence-electron chi connectivity index (χ4n) is 1.31. The number of aromatic nitrogens is 1. The minimum absolute atomic E-state index is 0.796. The molecule has 0 radical (unpaired) electrons. The minimum atomic E-state index is 0.796. The third kappa shape index (κ3) is 3.06. The second-order valence-electron chi connectivity index (χ2n) is 3.23. The van der Waals surface area contributed by atoms with Gasteiger partial charge in [0.25, 0.3) is 0 Å². The molecule has 0 amide bonds. The molecule has 0 aliphatic rings. The van der Waals surface area contributed by atoms with Crippen LogP contribution in [-0.4, -0.2) is 4.98 Å². The van der Waals surface area contributed by atoms with E-state index >= 15 is 0 Å². The summed E-state index contributed by atoms with van der Waals surface area (Å²) in [6, 6.07) is 12.1. The topological polar surface area (TPSA) is 24.9 Å². The molecule has 0 atom stereocenters. The minimum Gasteiger partial charge on any atom is -0.381 e. The normalized spacial score (nSPS) is 9.93. The zero-order valence-electron chi connectivity index (χ0n) is 8.15. The summed E-state index contributed by atoms with van der Waals surface area (Å²) in [6.07, 6.45) is 3.65. The zero-order chi connectivity index (χ0) is 10.5. The van der Waals surface area contributed by atoms with Crippen LogP contribution in [0, 0.1) is 0 Å². The van der Waals surface area contributed by atoms with E-state index in [0.717, 1.165) is 16.7 Å². The third-order valence-electron chi connectivity index (χ3n) is 2.04. The number of nitrogens with zero attached hydrogens (tertiary/aromatic N) is 1. The van der Waals surface area contributed by atoms with Crippen LogP contribution in [0.4, 0.5) is 5.69 Å². The fourth-order valence-corrected chi connectivity index (χ4v) is 1.70. The van der Waals surface area contributed by atoms with Crippen molar-refractivity contribution >= 4 is 21.6 Å². The summed E-state index contributed by atoms with van der Waals surface area (Å²) >= 11 is 3.44. The Morgan fingerprint density at radius 2 is 2.13 bits per heavy atom. The predicted octanol–water partition coefficient (Wildman–Crippen LogP) is 3.46. The van der Waals surface area contributed by atoms with Crippen molar-refractivity contribution in [3.63, 3.8) is 0 Å². The molecule has 0 bridgehead atoms. The molecule has 3 heteroatoms. The van der Waals surface area contributed by atoms with Crippen LogP contribution in [0.2, 0.25) is 0 Å². The second-order valence-corrected chi connectivity index (χ2v) is 4.14. The summed E-state index contributed by atoms with van der Waals surface area (Å²) in [5.74, 6) is 0. The Balaban J connectivity index is 1.99. The van der Waals surface area contributed by atoms with Crippen molar-refractivity contribution in [1.82, 2.24) is 4.98 Å². The molecular weight excluding hydrogens is 252 g/mol. The zero-order valence-corrected chi connectivity index (χ0v) is 9.74. The standard InChI is InChI=1S/C12H11BrN2/c13-11-4-1-5-12(7-11)15-9-10-3-2-6-14-8-10/h1-8,15H,9H2. The molecule has 1 N–H and O–H groups in total. The van der Waals surface area contributed by atoms with Crippen LogP contribution in [0.15, 0.2) is 53.3 Å². The number of hydrogen-bond donors (Lipinski definition) is 1. The average Bonchev–Trinajstić information content (AvgIpc) is 2.28. The predicted molar refractivity (Wildman–Crippen MR) is 65.7 cm³/mol. The summed E-state index contributed by atoms with van der Waals surface area (Å²) < 4.78 is 1.08.